The van der Waals surface area contributed by atoms with Crippen LogP contribution in [0.4, 0.5) is 0 Å². The van der Waals surface area contributed by atoms with Crippen LogP contribution in [0.25, 0.3) is 0 Å². The fourth-order valence-corrected chi connectivity index (χ4v) is 2.78. The Hall–Kier alpha value is -1.39. The second-order valence-corrected chi connectivity index (χ2v) is 5.33. The van der Waals surface area contributed by atoms with Crippen LogP contribution in [0.5, 0.6) is 17.2 Å². The number of carbonyl (C=O) groups excluding carboxylic acids is 1. The van der Waals surface area contributed by atoms with Crippen molar-refractivity contribution in [1.29, 1.82) is 0 Å². The van der Waals surface area contributed by atoms with Gasteiger partial charge in [-0.1, -0.05) is 19.4 Å². The van der Waals surface area contributed by atoms with E-state index in [2.05, 4.69) is 6.07 Å². The number of carbonyl (C=O) groups is 1. The van der Waals surface area contributed by atoms with Gasteiger partial charge in [-0.05, 0) is 18.6 Å². The first-order valence-electron chi connectivity index (χ1n) is 7.28. The van der Waals surface area contributed by atoms with Crippen molar-refractivity contribution in [2.24, 2.45) is 0 Å². The Bertz CT molecular complexity index is 733. The van der Waals surface area contributed by atoms with E-state index in [9.17, 15) is 4.79 Å². The fourth-order valence-electron chi connectivity index (χ4n) is 2.78. The molecule has 0 heterocycles. The van der Waals surface area contributed by atoms with Gasteiger partial charge in [0.05, 0.1) is 26.9 Å². The molecule has 0 N–H and O–H groups in total. The molecule has 0 unspecified atom stereocenters. The van der Waals surface area contributed by atoms with Gasteiger partial charge in [-0.2, -0.15) is 23.8 Å². The standard InChI is InChI=1S/C19H21O4.Y/c1-11-8-7-9-12(2)15(11)17(20)16-13(3)10-14(21-4)18(22-5)19(16)23-6;/h7-8,10H,1-6H3;/q-1;. The van der Waals surface area contributed by atoms with Crippen molar-refractivity contribution in [3.05, 3.63) is 52.1 Å². The molecule has 0 amide bonds. The Labute approximate surface area is 168 Å². The van der Waals surface area contributed by atoms with Gasteiger partial charge in [-0.25, -0.2) is 0 Å². The van der Waals surface area contributed by atoms with Gasteiger partial charge < -0.3 is 19.0 Å². The largest absolute Gasteiger partial charge is 0.493 e. The summed E-state index contributed by atoms with van der Waals surface area (Å²) in [6, 6.07) is 8.56. The molecule has 125 valence electrons. The summed E-state index contributed by atoms with van der Waals surface area (Å²) in [7, 11) is 4.60. The van der Waals surface area contributed by atoms with E-state index < -0.39 is 0 Å². The van der Waals surface area contributed by atoms with Crippen LogP contribution in [0, 0.1) is 26.8 Å². The van der Waals surface area contributed by atoms with Crippen molar-refractivity contribution in [2.75, 3.05) is 21.3 Å². The summed E-state index contributed by atoms with van der Waals surface area (Å²) >= 11 is 0. The smallest absolute Gasteiger partial charge is 0.204 e. The Kier molecular flexibility index (Phi) is 7.43. The maximum absolute atomic E-state index is 13.2. The molecule has 0 bridgehead atoms. The fraction of sp³-hybridized carbons (Fsp3) is 0.316. The molecule has 0 spiro atoms. The molecule has 0 aliphatic rings. The van der Waals surface area contributed by atoms with E-state index in [1.54, 1.807) is 13.2 Å². The maximum atomic E-state index is 13.2. The summed E-state index contributed by atoms with van der Waals surface area (Å²) in [6.45, 7) is 5.65. The molecule has 0 aliphatic heterocycles. The zero-order valence-corrected chi connectivity index (χ0v) is 17.8. The molecule has 24 heavy (non-hydrogen) atoms. The molecule has 0 fully saturated rings. The minimum absolute atomic E-state index is 0. The van der Waals surface area contributed by atoms with Gasteiger partial charge in [0, 0.05) is 32.7 Å². The molecular weight excluding hydrogens is 381 g/mol. The molecule has 4 nitrogen and oxygen atoms in total. The normalized spacial score (nSPS) is 9.92. The van der Waals surface area contributed by atoms with Crippen molar-refractivity contribution in [3.63, 3.8) is 0 Å². The van der Waals surface area contributed by atoms with E-state index in [1.165, 1.54) is 14.2 Å². The zero-order valence-electron chi connectivity index (χ0n) is 14.9. The van der Waals surface area contributed by atoms with Crippen LogP contribution in [-0.2, 0) is 32.7 Å². The third-order valence-electron chi connectivity index (χ3n) is 3.88. The Balaban J connectivity index is 0.00000288. The van der Waals surface area contributed by atoms with Gasteiger partial charge in [0.25, 0.3) is 0 Å². The van der Waals surface area contributed by atoms with Crippen LogP contribution in [0.15, 0.2) is 18.2 Å². The number of benzene rings is 2. The summed E-state index contributed by atoms with van der Waals surface area (Å²) in [5.74, 6) is 1.23. The monoisotopic (exact) mass is 402 g/mol. The van der Waals surface area contributed by atoms with Gasteiger partial charge >= 0.3 is 0 Å². The first kappa shape index (κ1) is 20.7. The summed E-state index contributed by atoms with van der Waals surface area (Å²) in [5.41, 5.74) is 3.61. The number of ether oxygens (including phenoxy) is 3. The predicted octanol–water partition coefficient (Wildman–Crippen LogP) is 3.67. The number of ketones is 1. The molecule has 0 aliphatic carbocycles. The zero-order chi connectivity index (χ0) is 17.1. The summed E-state index contributed by atoms with van der Waals surface area (Å²) in [6.07, 6.45) is 0. The van der Waals surface area contributed by atoms with E-state index in [1.807, 2.05) is 32.9 Å². The van der Waals surface area contributed by atoms with Crippen LogP contribution in [-0.4, -0.2) is 27.1 Å². The first-order valence-corrected chi connectivity index (χ1v) is 7.28. The van der Waals surface area contributed by atoms with Crippen molar-refractivity contribution in [1.82, 2.24) is 0 Å². The summed E-state index contributed by atoms with van der Waals surface area (Å²) < 4.78 is 16.2. The van der Waals surface area contributed by atoms with E-state index in [4.69, 9.17) is 14.2 Å². The van der Waals surface area contributed by atoms with Crippen LogP contribution >= 0.6 is 0 Å². The van der Waals surface area contributed by atoms with Gasteiger partial charge in [0.15, 0.2) is 11.5 Å². The van der Waals surface area contributed by atoms with Gasteiger partial charge in [0.1, 0.15) is 5.78 Å². The maximum Gasteiger partial charge on any atom is 0.204 e. The average molecular weight is 402 g/mol. The summed E-state index contributed by atoms with van der Waals surface area (Å²) in [4.78, 5) is 13.2. The molecule has 0 aromatic heterocycles. The van der Waals surface area contributed by atoms with Crippen LogP contribution in [0.1, 0.15) is 32.6 Å². The van der Waals surface area contributed by atoms with Crippen molar-refractivity contribution < 1.29 is 51.7 Å². The topological polar surface area (TPSA) is 44.8 Å². The Morgan fingerprint density at radius 1 is 0.917 bits per heavy atom. The number of rotatable bonds is 5. The van der Waals surface area contributed by atoms with Crippen molar-refractivity contribution in [2.45, 2.75) is 20.8 Å². The number of hydrogen-bond acceptors (Lipinski definition) is 4. The van der Waals surface area contributed by atoms with Gasteiger partial charge in [-0.3, -0.25) is 0 Å². The number of hydrogen-bond donors (Lipinski definition) is 0. The van der Waals surface area contributed by atoms with E-state index in [0.717, 1.165) is 16.7 Å². The molecule has 5 heteroatoms. The molecule has 2 rings (SSSR count). The van der Waals surface area contributed by atoms with Crippen molar-refractivity contribution in [3.8, 4) is 17.2 Å². The minimum Gasteiger partial charge on any atom is -0.493 e. The second-order valence-electron chi connectivity index (χ2n) is 5.33. The molecule has 0 saturated heterocycles. The number of methoxy groups -OCH3 is 3. The van der Waals surface area contributed by atoms with Gasteiger partial charge in [0.2, 0.25) is 5.75 Å². The molecule has 0 saturated carbocycles. The van der Waals surface area contributed by atoms with Crippen LogP contribution < -0.4 is 14.2 Å². The first-order chi connectivity index (χ1) is 11.0. The third kappa shape index (κ3) is 3.65. The molecule has 0 atom stereocenters. The van der Waals surface area contributed by atoms with Gasteiger partial charge in [-0.15, -0.1) is 5.56 Å². The quantitative estimate of drug-likeness (QED) is 0.566. The SMILES string of the molecule is COc1cc(C)c(C(=O)c2c(C)[c-]ccc2C)c(OC)c1OC.[Y]. The van der Waals surface area contributed by atoms with Crippen LogP contribution in [0.2, 0.25) is 0 Å². The van der Waals surface area contributed by atoms with E-state index in [0.29, 0.717) is 28.4 Å². The van der Waals surface area contributed by atoms with E-state index in [-0.39, 0.29) is 38.5 Å². The molecular formula is C19H21O4Y-. The second kappa shape index (κ2) is 8.63. The average Bonchev–Trinajstić information content (AvgIpc) is 2.53. The molecule has 1 radical (unpaired) electrons. The van der Waals surface area contributed by atoms with E-state index >= 15 is 0 Å². The molecule has 2 aromatic rings. The predicted molar refractivity (Wildman–Crippen MR) is 89.0 cm³/mol. The molecule has 2 aromatic carbocycles. The van der Waals surface area contributed by atoms with Crippen molar-refractivity contribution >= 4 is 5.78 Å². The third-order valence-corrected chi connectivity index (χ3v) is 3.88. The Morgan fingerprint density at radius 2 is 1.54 bits per heavy atom. The van der Waals surface area contributed by atoms with Crippen LogP contribution in [0.3, 0.4) is 0 Å². The summed E-state index contributed by atoms with van der Waals surface area (Å²) in [5, 5.41) is 0. The number of aryl methyl sites for hydroxylation is 3. The minimum atomic E-state index is -0.104. The Morgan fingerprint density at radius 3 is 2.04 bits per heavy atom.